The summed E-state index contributed by atoms with van der Waals surface area (Å²) < 4.78 is 0. The third-order valence-electron chi connectivity index (χ3n) is 12.1. The molecular weight excluding hydrogens is 640 g/mol. The van der Waals surface area contributed by atoms with Crippen LogP contribution in [-0.2, 0) is 29.3 Å². The predicted octanol–water partition coefficient (Wildman–Crippen LogP) is 6.06. The number of likely N-dealkylation sites (N-methyl/N-ethyl adjacent to an activating group) is 1. The lowest BCUT2D eigenvalue weighted by Crippen LogP contribution is -2.56. The Morgan fingerprint density at radius 3 is 2.22 bits per heavy atom. The molecule has 2 aliphatic rings. The Bertz CT molecular complexity index is 1420. The summed E-state index contributed by atoms with van der Waals surface area (Å²) in [5, 5.41) is 36.6. The lowest BCUT2D eigenvalue weighted by Gasteiger charge is -2.50. The first-order chi connectivity index (χ1) is 23.8. The molecule has 2 fully saturated rings. The van der Waals surface area contributed by atoms with Gasteiger partial charge >= 0.3 is 0 Å². The normalized spacial score (nSPS) is 28.3. The molecule has 9 heteroatoms. The Kier molecular flexibility index (Phi) is 13.8. The summed E-state index contributed by atoms with van der Waals surface area (Å²) in [5.41, 5.74) is 3.48. The molecule has 1 saturated carbocycles. The smallest absolute Gasteiger partial charge is 0.240 e. The second kappa shape index (κ2) is 17.1. The van der Waals surface area contributed by atoms with E-state index in [1.807, 2.05) is 18.2 Å². The van der Waals surface area contributed by atoms with Gasteiger partial charge in [0.15, 0.2) is 0 Å². The van der Waals surface area contributed by atoms with Crippen LogP contribution in [0.25, 0.3) is 0 Å². The molecule has 0 spiro atoms. The first kappa shape index (κ1) is 41.2. The van der Waals surface area contributed by atoms with E-state index in [-0.39, 0.29) is 41.2 Å². The monoisotopic (exact) mass is 709 g/mol. The van der Waals surface area contributed by atoms with Crippen LogP contribution in [-0.4, -0.2) is 93.7 Å². The molecule has 0 aromatic heterocycles. The number of carbonyl (C=O) groups is 1. The maximum absolute atomic E-state index is 14.2. The molecule has 2 aromatic rings. The van der Waals surface area contributed by atoms with Gasteiger partial charge < -0.3 is 25.5 Å². The SMILES string of the molecule is C[C@@H]1[C@@H](NC(=O)[C@@H]2[C@H]([C@H](C)O)[C@H](CO)ON2Cc2cccc(CN(Cc3cccc(O)c3)[C@H](CN(C)C)CC(C)(C)C)c2)C[C@@H](C)C(C)(C)[C@H]1C. The number of hydroxylamine groups is 2. The second-order valence-corrected chi connectivity index (χ2v) is 18.0. The maximum Gasteiger partial charge on any atom is 0.240 e. The Balaban J connectivity index is 1.60. The van der Waals surface area contributed by atoms with Crippen molar-refractivity contribution in [1.29, 1.82) is 0 Å². The van der Waals surface area contributed by atoms with Crippen molar-refractivity contribution < 1.29 is 25.0 Å². The van der Waals surface area contributed by atoms with E-state index in [2.05, 4.69) is 109 Å². The van der Waals surface area contributed by atoms with E-state index in [9.17, 15) is 20.1 Å². The van der Waals surface area contributed by atoms with Gasteiger partial charge in [-0.05, 0) is 91.3 Å². The number of rotatable bonds is 14. The van der Waals surface area contributed by atoms with Crippen molar-refractivity contribution in [1.82, 2.24) is 20.2 Å². The zero-order valence-electron chi connectivity index (χ0n) is 33.3. The number of carbonyl (C=O) groups excluding carboxylic acids is 1. The number of aliphatic hydroxyl groups excluding tert-OH is 2. The molecule has 51 heavy (non-hydrogen) atoms. The Morgan fingerprint density at radius 2 is 1.65 bits per heavy atom. The van der Waals surface area contributed by atoms with Crippen LogP contribution in [0.3, 0.4) is 0 Å². The summed E-state index contributed by atoms with van der Waals surface area (Å²) in [7, 11) is 4.23. The van der Waals surface area contributed by atoms with Crippen LogP contribution >= 0.6 is 0 Å². The number of amides is 1. The lowest BCUT2D eigenvalue weighted by molar-refractivity contribution is -0.182. The maximum atomic E-state index is 14.2. The number of nitrogens with one attached hydrogen (secondary N) is 1. The Morgan fingerprint density at radius 1 is 1.04 bits per heavy atom. The molecule has 1 amide bonds. The molecule has 1 heterocycles. The molecule has 2 aromatic carbocycles. The molecule has 0 bridgehead atoms. The van der Waals surface area contributed by atoms with E-state index in [4.69, 9.17) is 4.84 Å². The fourth-order valence-corrected chi connectivity index (χ4v) is 8.59. The summed E-state index contributed by atoms with van der Waals surface area (Å²) in [6, 6.07) is 15.5. The van der Waals surface area contributed by atoms with Gasteiger partial charge in [-0.25, -0.2) is 0 Å². The summed E-state index contributed by atoms with van der Waals surface area (Å²) in [6.07, 6.45) is 0.356. The number of nitrogens with zero attached hydrogens (tertiary/aromatic N) is 3. The van der Waals surface area contributed by atoms with Gasteiger partial charge in [-0.15, -0.1) is 0 Å². The quantitative estimate of drug-likeness (QED) is 0.188. The van der Waals surface area contributed by atoms with Crippen LogP contribution in [0, 0.1) is 34.5 Å². The van der Waals surface area contributed by atoms with Crippen molar-refractivity contribution in [3.8, 4) is 5.75 Å². The number of phenols is 1. The third kappa shape index (κ3) is 10.5. The average Bonchev–Trinajstić information content (AvgIpc) is 3.40. The van der Waals surface area contributed by atoms with E-state index in [1.165, 1.54) is 0 Å². The highest BCUT2D eigenvalue weighted by molar-refractivity contribution is 5.82. The van der Waals surface area contributed by atoms with Gasteiger partial charge in [-0.3, -0.25) is 14.5 Å². The number of phenolic OH excluding ortho intramolecular Hbond substituents is 1. The van der Waals surface area contributed by atoms with Gasteiger partial charge in [-0.1, -0.05) is 91.8 Å². The highest BCUT2D eigenvalue weighted by Crippen LogP contribution is 2.47. The zero-order valence-corrected chi connectivity index (χ0v) is 33.3. The van der Waals surface area contributed by atoms with Gasteiger partial charge in [0.2, 0.25) is 5.91 Å². The Hall–Kier alpha value is -2.53. The van der Waals surface area contributed by atoms with Crippen molar-refractivity contribution in [3.05, 3.63) is 65.2 Å². The van der Waals surface area contributed by atoms with Crippen molar-refractivity contribution in [2.24, 2.45) is 34.5 Å². The summed E-state index contributed by atoms with van der Waals surface area (Å²) in [4.78, 5) is 25.3. The topological polar surface area (TPSA) is 109 Å². The second-order valence-electron chi connectivity index (χ2n) is 18.0. The van der Waals surface area contributed by atoms with Gasteiger partial charge in [0.1, 0.15) is 17.9 Å². The van der Waals surface area contributed by atoms with Crippen molar-refractivity contribution in [2.75, 3.05) is 27.2 Å². The van der Waals surface area contributed by atoms with E-state index in [0.29, 0.717) is 37.4 Å². The summed E-state index contributed by atoms with van der Waals surface area (Å²) in [6.45, 7) is 22.3. The van der Waals surface area contributed by atoms with Crippen LogP contribution in [0.4, 0.5) is 0 Å². The van der Waals surface area contributed by atoms with Crippen LogP contribution in [0.1, 0.15) is 91.8 Å². The molecule has 4 N–H and O–H groups in total. The van der Waals surface area contributed by atoms with Crippen LogP contribution in [0.2, 0.25) is 0 Å². The highest BCUT2D eigenvalue weighted by atomic mass is 16.7. The predicted molar refractivity (Wildman–Crippen MR) is 204 cm³/mol. The van der Waals surface area contributed by atoms with E-state index in [1.54, 1.807) is 18.1 Å². The fourth-order valence-electron chi connectivity index (χ4n) is 8.59. The zero-order chi connectivity index (χ0) is 37.8. The van der Waals surface area contributed by atoms with Gasteiger partial charge in [0, 0.05) is 37.6 Å². The minimum Gasteiger partial charge on any atom is -0.508 e. The van der Waals surface area contributed by atoms with E-state index in [0.717, 1.165) is 36.1 Å². The minimum atomic E-state index is -0.850. The molecule has 0 radical (unpaired) electrons. The number of benzene rings is 2. The molecule has 9 nitrogen and oxygen atoms in total. The fraction of sp³-hybridized carbons (Fsp3) is 0.690. The number of aromatic hydroxyl groups is 1. The largest absolute Gasteiger partial charge is 0.508 e. The van der Waals surface area contributed by atoms with Crippen LogP contribution in [0.15, 0.2) is 48.5 Å². The molecule has 286 valence electrons. The molecule has 4 rings (SSSR count). The number of hydrogen-bond donors (Lipinski definition) is 4. The molecular formula is C42H68N4O5. The van der Waals surface area contributed by atoms with Crippen molar-refractivity contribution >= 4 is 5.91 Å². The Labute approximate surface area is 308 Å². The van der Waals surface area contributed by atoms with Crippen LogP contribution in [0.5, 0.6) is 5.75 Å². The van der Waals surface area contributed by atoms with Crippen molar-refractivity contribution in [2.45, 2.75) is 125 Å². The first-order valence-electron chi connectivity index (χ1n) is 19.1. The molecule has 0 unspecified atom stereocenters. The van der Waals surface area contributed by atoms with Crippen molar-refractivity contribution in [3.63, 3.8) is 0 Å². The molecule has 1 saturated heterocycles. The highest BCUT2D eigenvalue weighted by Gasteiger charge is 2.51. The minimum absolute atomic E-state index is 0.0178. The summed E-state index contributed by atoms with van der Waals surface area (Å²) >= 11 is 0. The van der Waals surface area contributed by atoms with Crippen LogP contribution < -0.4 is 5.32 Å². The van der Waals surface area contributed by atoms with E-state index >= 15 is 0 Å². The van der Waals surface area contributed by atoms with Gasteiger partial charge in [0.05, 0.1) is 19.3 Å². The van der Waals surface area contributed by atoms with Gasteiger partial charge in [0.25, 0.3) is 0 Å². The molecule has 1 aliphatic heterocycles. The third-order valence-corrected chi connectivity index (χ3v) is 12.1. The van der Waals surface area contributed by atoms with Gasteiger partial charge in [-0.2, -0.15) is 5.06 Å². The molecule has 9 atom stereocenters. The molecule has 1 aliphatic carbocycles. The number of hydrogen-bond acceptors (Lipinski definition) is 8. The number of aliphatic hydroxyl groups is 2. The van der Waals surface area contributed by atoms with E-state index < -0.39 is 24.2 Å². The standard InChI is InChI=1S/C42H68N4O5/c1-27-18-36(28(2)29(3)42(27,8)9)43-40(50)39-38(30(4)48)37(26-47)51-46(39)24-32-15-12-14-31(19-32)22-45(23-33-16-13-17-35(49)20-33)34(25-44(10)11)21-41(5,6)7/h12-17,19-20,27-30,34,36-39,47-49H,18,21-26H2,1-11H3,(H,43,50)/t27-,28+,29+,30+,34+,36+,37+,38-,39+/m1/s1. The summed E-state index contributed by atoms with van der Waals surface area (Å²) in [5.74, 6) is 0.694. The average molecular weight is 709 g/mol. The lowest BCUT2D eigenvalue weighted by atomic mass is 9.58. The first-order valence-corrected chi connectivity index (χ1v) is 19.1.